The second kappa shape index (κ2) is 5.26. The molecule has 2 saturated carbocycles. The predicted octanol–water partition coefficient (Wildman–Crippen LogP) is 2.39. The average molecular weight is 332 g/mol. The number of carbonyl (C=O) groups excluding carboxylic acids is 1. The first kappa shape index (κ1) is 16.5. The van der Waals surface area contributed by atoms with Crippen LogP contribution in [0.3, 0.4) is 0 Å². The average Bonchev–Trinajstić information content (AvgIpc) is 3.21. The van der Waals surface area contributed by atoms with Crippen LogP contribution in [0, 0.1) is 23.2 Å². The predicted molar refractivity (Wildman–Crippen MR) is 90.2 cm³/mol. The normalized spacial score (nSPS) is 52.3. The third kappa shape index (κ3) is 2.19. The van der Waals surface area contributed by atoms with Gasteiger partial charge in [-0.3, -0.25) is 4.79 Å². The van der Waals surface area contributed by atoms with E-state index in [9.17, 15) is 15.0 Å². The number of epoxide rings is 1. The lowest BCUT2D eigenvalue weighted by molar-refractivity contribution is -0.106. The summed E-state index contributed by atoms with van der Waals surface area (Å²) in [5, 5.41) is 21.7. The second-order valence-corrected chi connectivity index (χ2v) is 8.91. The van der Waals surface area contributed by atoms with Crippen LogP contribution in [-0.2, 0) is 9.53 Å². The van der Waals surface area contributed by atoms with E-state index in [-0.39, 0.29) is 41.0 Å². The van der Waals surface area contributed by atoms with Gasteiger partial charge in [-0.15, -0.1) is 0 Å². The number of ether oxygens (including phenoxy) is 1. The molecule has 1 saturated heterocycles. The first-order valence-corrected chi connectivity index (χ1v) is 9.16. The van der Waals surface area contributed by atoms with Crippen LogP contribution < -0.4 is 0 Å². The van der Waals surface area contributed by atoms with E-state index in [4.69, 9.17) is 4.74 Å². The van der Waals surface area contributed by atoms with E-state index in [1.54, 1.807) is 0 Å². The molecule has 4 heteroatoms. The van der Waals surface area contributed by atoms with Gasteiger partial charge in [-0.25, -0.2) is 0 Å². The van der Waals surface area contributed by atoms with Crippen molar-refractivity contribution in [3.63, 3.8) is 0 Å². The Morgan fingerprint density at radius 2 is 2.12 bits per heavy atom. The van der Waals surface area contributed by atoms with Crippen LogP contribution >= 0.6 is 0 Å². The van der Waals surface area contributed by atoms with Crippen molar-refractivity contribution in [1.82, 2.24) is 0 Å². The summed E-state index contributed by atoms with van der Waals surface area (Å²) in [4.78, 5) is 11.8. The molecule has 0 aromatic heterocycles. The highest BCUT2D eigenvalue weighted by Gasteiger charge is 2.72. The third-order valence-electron chi connectivity index (χ3n) is 7.03. The lowest BCUT2D eigenvalue weighted by Crippen LogP contribution is -2.50. The number of aliphatic hydroxyl groups is 2. The maximum absolute atomic E-state index is 11.8. The van der Waals surface area contributed by atoms with Crippen molar-refractivity contribution in [1.29, 1.82) is 0 Å². The number of hydrogen-bond donors (Lipinski definition) is 2. The number of allylic oxidation sites excluding steroid dienone is 2. The van der Waals surface area contributed by atoms with Crippen LogP contribution in [0.4, 0.5) is 0 Å². The third-order valence-corrected chi connectivity index (χ3v) is 7.03. The number of aldehydes is 1. The molecule has 0 unspecified atom stereocenters. The maximum Gasteiger partial charge on any atom is 0.146 e. The van der Waals surface area contributed by atoms with Gasteiger partial charge in [0.25, 0.3) is 0 Å². The quantitative estimate of drug-likeness (QED) is 0.463. The van der Waals surface area contributed by atoms with E-state index in [0.29, 0.717) is 6.42 Å². The molecule has 1 heterocycles. The molecule has 1 aliphatic heterocycles. The molecule has 0 aromatic carbocycles. The summed E-state index contributed by atoms with van der Waals surface area (Å²) in [5.41, 5.74) is 1.42. The van der Waals surface area contributed by atoms with Crippen LogP contribution in [0.2, 0.25) is 0 Å². The van der Waals surface area contributed by atoms with E-state index in [1.165, 1.54) is 0 Å². The molecule has 4 rings (SSSR count). The van der Waals surface area contributed by atoms with Crippen LogP contribution in [0.25, 0.3) is 0 Å². The molecule has 3 aliphatic carbocycles. The lowest BCUT2D eigenvalue weighted by atomic mass is 9.61. The van der Waals surface area contributed by atoms with Gasteiger partial charge in [-0.05, 0) is 50.0 Å². The summed E-state index contributed by atoms with van der Waals surface area (Å²) >= 11 is 0. The number of carbonyl (C=O) groups is 1. The minimum Gasteiger partial charge on any atom is -0.392 e. The first-order chi connectivity index (χ1) is 11.3. The molecular formula is C20H28O4. The van der Waals surface area contributed by atoms with E-state index < -0.39 is 6.10 Å². The highest BCUT2D eigenvalue weighted by molar-refractivity contribution is 5.75. The fourth-order valence-corrected chi connectivity index (χ4v) is 5.78. The zero-order valence-corrected chi connectivity index (χ0v) is 14.7. The van der Waals surface area contributed by atoms with Gasteiger partial charge in [0, 0.05) is 18.3 Å². The fourth-order valence-electron chi connectivity index (χ4n) is 5.78. The molecule has 4 aliphatic rings. The highest BCUT2D eigenvalue weighted by atomic mass is 16.6. The molecule has 2 N–H and O–H groups in total. The van der Waals surface area contributed by atoms with Gasteiger partial charge in [0.1, 0.15) is 11.9 Å². The first-order valence-electron chi connectivity index (χ1n) is 9.16. The van der Waals surface area contributed by atoms with Crippen LogP contribution in [-0.4, -0.2) is 40.4 Å². The van der Waals surface area contributed by atoms with E-state index >= 15 is 0 Å². The lowest BCUT2D eigenvalue weighted by Gasteiger charge is -2.43. The molecular weight excluding hydrogens is 304 g/mol. The van der Waals surface area contributed by atoms with Gasteiger partial charge in [-0.1, -0.05) is 24.6 Å². The Balaban J connectivity index is 1.78. The van der Waals surface area contributed by atoms with Gasteiger partial charge in [0.2, 0.25) is 0 Å². The minimum absolute atomic E-state index is 0.0270. The van der Waals surface area contributed by atoms with E-state index in [1.807, 2.05) is 19.9 Å². The zero-order chi connectivity index (χ0) is 17.3. The number of aliphatic hydroxyl groups excluding tert-OH is 2. The standard InChI is InChI=1S/C20H28O4/c1-11(2)6-12-7-13(9-21)14-4-5-19(3)10-20(17(14)18(12)23)16(24-20)8-15(19)22/h6-7,9,12,14-18,22-23H,4-5,8,10H2,1-3H3/t12-,14-,15+,16-,17+,18+,19+,20+/m1/s1. The van der Waals surface area contributed by atoms with Crippen LogP contribution in [0.15, 0.2) is 23.3 Å². The van der Waals surface area contributed by atoms with Crippen LogP contribution in [0.5, 0.6) is 0 Å². The van der Waals surface area contributed by atoms with Crippen molar-refractivity contribution in [2.45, 2.75) is 70.4 Å². The summed E-state index contributed by atoms with van der Waals surface area (Å²) in [7, 11) is 0. The molecule has 8 atom stereocenters. The zero-order valence-electron chi connectivity index (χ0n) is 14.7. The fraction of sp³-hybridized carbons (Fsp3) is 0.750. The van der Waals surface area contributed by atoms with Crippen molar-refractivity contribution in [2.75, 3.05) is 0 Å². The van der Waals surface area contributed by atoms with E-state index in [0.717, 1.165) is 36.7 Å². The molecule has 2 bridgehead atoms. The highest BCUT2D eigenvalue weighted by Crippen LogP contribution is 2.65. The Morgan fingerprint density at radius 1 is 1.38 bits per heavy atom. The van der Waals surface area contributed by atoms with Crippen molar-refractivity contribution in [2.24, 2.45) is 23.2 Å². The monoisotopic (exact) mass is 332 g/mol. The van der Waals surface area contributed by atoms with Gasteiger partial charge < -0.3 is 14.9 Å². The molecule has 4 nitrogen and oxygen atoms in total. The Morgan fingerprint density at radius 3 is 2.79 bits per heavy atom. The summed E-state index contributed by atoms with van der Waals surface area (Å²) < 4.78 is 6.15. The second-order valence-electron chi connectivity index (χ2n) is 8.91. The van der Waals surface area contributed by atoms with Crippen molar-refractivity contribution < 1.29 is 19.7 Å². The maximum atomic E-state index is 11.8. The molecule has 0 aromatic rings. The Kier molecular flexibility index (Phi) is 3.62. The molecule has 1 spiro atoms. The topological polar surface area (TPSA) is 70.1 Å². The van der Waals surface area contributed by atoms with Crippen LogP contribution in [0.1, 0.15) is 46.5 Å². The molecule has 24 heavy (non-hydrogen) atoms. The Labute approximate surface area is 143 Å². The summed E-state index contributed by atoms with van der Waals surface area (Å²) in [5.74, 6) is -0.147. The summed E-state index contributed by atoms with van der Waals surface area (Å²) in [6.45, 7) is 6.17. The van der Waals surface area contributed by atoms with Gasteiger partial charge >= 0.3 is 0 Å². The van der Waals surface area contributed by atoms with Crippen molar-refractivity contribution in [3.05, 3.63) is 23.3 Å². The van der Waals surface area contributed by atoms with Gasteiger partial charge in [0.05, 0.1) is 18.3 Å². The Bertz CT molecular complexity index is 619. The summed E-state index contributed by atoms with van der Waals surface area (Å²) in [6, 6.07) is 0. The largest absolute Gasteiger partial charge is 0.392 e. The molecule has 132 valence electrons. The smallest absolute Gasteiger partial charge is 0.146 e. The van der Waals surface area contributed by atoms with Gasteiger partial charge in [-0.2, -0.15) is 0 Å². The SMILES string of the molecule is CC(C)=C[C@@H]1C=C(C=O)[C@H]2CC[C@@]3(C)C[C@@]4(O[C@@H]4C[C@@H]3O)[C@@H]2[C@H]1O. The van der Waals surface area contributed by atoms with Crippen molar-refractivity contribution >= 4 is 6.29 Å². The molecule has 0 radical (unpaired) electrons. The molecule has 3 fully saturated rings. The summed E-state index contributed by atoms with van der Waals surface area (Å²) in [6.07, 6.45) is 7.27. The van der Waals surface area contributed by atoms with Crippen molar-refractivity contribution in [3.8, 4) is 0 Å². The number of fused-ring (bicyclic) bond motifs is 2. The number of rotatable bonds is 2. The molecule has 0 amide bonds. The van der Waals surface area contributed by atoms with Gasteiger partial charge in [0.15, 0.2) is 0 Å². The Hall–Kier alpha value is -0.970. The minimum atomic E-state index is -0.531. The van der Waals surface area contributed by atoms with E-state index in [2.05, 4.69) is 13.0 Å². The number of hydrogen-bond acceptors (Lipinski definition) is 4.